The topological polar surface area (TPSA) is 3.24 Å². The van der Waals surface area contributed by atoms with E-state index < -0.39 is 0 Å². The van der Waals surface area contributed by atoms with Gasteiger partial charge in [-0.25, -0.2) is 0 Å². The molecule has 0 aromatic heterocycles. The molecule has 1 nitrogen and oxygen atoms in total. The molecule has 0 unspecified atom stereocenters. The summed E-state index contributed by atoms with van der Waals surface area (Å²) >= 11 is 1.54. The van der Waals surface area contributed by atoms with Gasteiger partial charge < -0.3 is 13.5 Å². The first-order valence-electron chi connectivity index (χ1n) is 5.22. The third-order valence-electron chi connectivity index (χ3n) is 0.768. The maximum atomic E-state index is 3.72. The molecule has 0 fully saturated rings. The molecule has 0 amide bonds. The van der Waals surface area contributed by atoms with Crippen LogP contribution < -0.4 is 0 Å². The van der Waals surface area contributed by atoms with Crippen molar-refractivity contribution >= 4 is 17.9 Å². The second-order valence-corrected chi connectivity index (χ2v) is 2.63. The van der Waals surface area contributed by atoms with E-state index in [1.54, 1.807) is 0 Å². The summed E-state index contributed by atoms with van der Waals surface area (Å²) in [6.07, 6.45) is 0. The van der Waals surface area contributed by atoms with Gasteiger partial charge in [0.05, 0.1) is 0 Å². The first kappa shape index (κ1) is 29.4. The van der Waals surface area contributed by atoms with E-state index >= 15 is 0 Å². The van der Waals surface area contributed by atoms with E-state index in [0.29, 0.717) is 0 Å². The quantitative estimate of drug-likeness (QED) is 0.414. The average Bonchev–Trinajstić information content (AvgIpc) is 2.27. The van der Waals surface area contributed by atoms with Crippen LogP contribution in [0.1, 0.15) is 41.5 Å². The molecule has 0 spiro atoms. The third-order valence-corrected chi connectivity index (χ3v) is 1.30. The number of hydrogen-bond acceptors (Lipinski definition) is 2. The van der Waals surface area contributed by atoms with Crippen LogP contribution >= 0.6 is 0 Å². The Bertz CT molecular complexity index is 61.2. The number of thiol groups is 1. The minimum atomic E-state index is 0. The van der Waals surface area contributed by atoms with Gasteiger partial charge in [-0.1, -0.05) is 41.5 Å². The van der Waals surface area contributed by atoms with Crippen LogP contribution in [0.4, 0.5) is 0 Å². The molecular weight excluding hydrogens is 362 g/mol. The molecule has 0 saturated heterocycles. The second-order valence-electron chi connectivity index (χ2n) is 1.43. The van der Waals surface area contributed by atoms with Crippen molar-refractivity contribution in [2.24, 2.45) is 0 Å². The van der Waals surface area contributed by atoms with Gasteiger partial charge in [-0.2, -0.15) is 0 Å². The van der Waals surface area contributed by atoms with Gasteiger partial charge in [-0.05, 0) is 0 Å². The van der Waals surface area contributed by atoms with Crippen molar-refractivity contribution < 1.29 is 19.4 Å². The molecule has 0 aromatic carbocycles. The van der Waals surface area contributed by atoms with E-state index in [-0.39, 0.29) is 13.5 Å². The predicted molar refractivity (Wildman–Crippen MR) is 71.7 cm³/mol. The molecule has 0 aliphatic heterocycles. The maximum absolute atomic E-state index is 3.72. The van der Waals surface area contributed by atoms with Gasteiger partial charge in [0.15, 0.2) is 0 Å². The van der Waals surface area contributed by atoms with E-state index in [4.69, 9.17) is 0 Å². The fourth-order valence-corrected chi connectivity index (χ4v) is 1.13. The van der Waals surface area contributed by atoms with E-state index in [9.17, 15) is 0 Å². The van der Waals surface area contributed by atoms with Crippen LogP contribution in [0, 0.1) is 6.92 Å². The average molecular weight is 391 g/mol. The van der Waals surface area contributed by atoms with E-state index in [0.717, 1.165) is 13.1 Å². The zero-order valence-electron chi connectivity index (χ0n) is 11.0. The second kappa shape index (κ2) is 48.7. The van der Waals surface area contributed by atoms with Crippen molar-refractivity contribution in [2.45, 2.75) is 41.5 Å². The molecule has 14 heavy (non-hydrogen) atoms. The SMILES string of the molecule is CC.CC.CC.[CH2-]CN(C)C[CH]=[W].[SH-]. The molecule has 92 valence electrons. The van der Waals surface area contributed by atoms with Gasteiger partial charge in [0.1, 0.15) is 0 Å². The van der Waals surface area contributed by atoms with Crippen molar-refractivity contribution in [3.63, 3.8) is 0 Å². The summed E-state index contributed by atoms with van der Waals surface area (Å²) in [6.45, 7) is 17.7. The van der Waals surface area contributed by atoms with Crippen molar-refractivity contribution in [3.8, 4) is 0 Å². The summed E-state index contributed by atoms with van der Waals surface area (Å²) < 4.78 is 2.20. The molecule has 0 N–H and O–H groups in total. The molecule has 0 radical (unpaired) electrons. The molecule has 0 aliphatic carbocycles. The Morgan fingerprint density at radius 3 is 1.43 bits per heavy atom. The molecule has 0 saturated carbocycles. The van der Waals surface area contributed by atoms with Crippen LogP contribution in [0.5, 0.6) is 0 Å². The summed E-state index contributed by atoms with van der Waals surface area (Å²) in [7, 11) is 2.06. The van der Waals surface area contributed by atoms with Crippen molar-refractivity contribution in [2.75, 3.05) is 20.1 Å². The van der Waals surface area contributed by atoms with Gasteiger partial charge in [0, 0.05) is 0 Å². The fraction of sp³-hybridized carbons (Fsp3) is 0.818. The van der Waals surface area contributed by atoms with Crippen molar-refractivity contribution in [1.82, 2.24) is 4.90 Å². The van der Waals surface area contributed by atoms with Crippen LogP contribution in [0.2, 0.25) is 0 Å². The van der Waals surface area contributed by atoms with Gasteiger partial charge >= 0.3 is 55.7 Å². The Kier molecular flexibility index (Phi) is 102. The van der Waals surface area contributed by atoms with Crippen LogP contribution in [0.25, 0.3) is 0 Å². The summed E-state index contributed by atoms with van der Waals surface area (Å²) in [5, 5.41) is 0. The Hall–Kier alpha value is 0.868. The Balaban J connectivity index is -0.0000000332. The molecule has 0 heterocycles. The van der Waals surface area contributed by atoms with Crippen LogP contribution in [-0.4, -0.2) is 29.4 Å². The molecule has 0 atom stereocenters. The number of rotatable bonds is 3. The third kappa shape index (κ3) is 52.6. The smallest absolute Gasteiger partial charge is 0.813 e. The number of hydrogen-bond donors (Lipinski definition) is 0. The molecule has 3 heteroatoms. The zero-order chi connectivity index (χ0) is 11.7. The molecule has 0 aromatic rings. The molecular formula is C11H29NSW-2. The summed E-state index contributed by atoms with van der Waals surface area (Å²) in [4.78, 5) is 2.16. The molecule has 0 aliphatic rings. The Morgan fingerprint density at radius 1 is 1.07 bits per heavy atom. The van der Waals surface area contributed by atoms with Crippen LogP contribution in [-0.2, 0) is 32.8 Å². The van der Waals surface area contributed by atoms with Gasteiger partial charge in [0.25, 0.3) is 0 Å². The minimum Gasteiger partial charge on any atom is -0.813 e. The zero-order valence-corrected chi connectivity index (χ0v) is 14.8. The van der Waals surface area contributed by atoms with Gasteiger partial charge in [0.2, 0.25) is 0 Å². The minimum absolute atomic E-state index is 0. The Morgan fingerprint density at radius 2 is 1.36 bits per heavy atom. The first-order valence-corrected chi connectivity index (χ1v) is 6.92. The van der Waals surface area contributed by atoms with Crippen molar-refractivity contribution in [1.29, 1.82) is 0 Å². The standard InChI is InChI=1S/C5H10N.3C2H6.H2S.W/c1-4-6(3)5-2;3*1-2;;/h1H,2,4-5H2,3H3;3*1-2H3;1H2;/q-1;;;;;/p-1. The van der Waals surface area contributed by atoms with Crippen LogP contribution in [0.15, 0.2) is 0 Å². The normalized spacial score (nSPS) is 6.07. The van der Waals surface area contributed by atoms with Gasteiger partial charge in [-0.3, -0.25) is 0 Å². The molecule has 0 rings (SSSR count). The maximum Gasteiger partial charge on any atom is -0.813 e. The summed E-state index contributed by atoms with van der Waals surface area (Å²) in [6, 6.07) is 0. The number of nitrogens with zero attached hydrogens (tertiary/aromatic N) is 1. The fourth-order valence-electron chi connectivity index (χ4n) is 0.219. The van der Waals surface area contributed by atoms with E-state index in [2.05, 4.69) is 23.3 Å². The molecule has 0 bridgehead atoms. The van der Waals surface area contributed by atoms with Crippen molar-refractivity contribution in [3.05, 3.63) is 6.92 Å². The largest absolute Gasteiger partial charge is 0.813 e. The first-order chi connectivity index (χ1) is 6.31. The summed E-state index contributed by atoms with van der Waals surface area (Å²) in [5.74, 6) is 0. The predicted octanol–water partition coefficient (Wildman–Crippen LogP) is 2.91. The van der Waals surface area contributed by atoms with Crippen LogP contribution in [0.3, 0.4) is 0 Å². The Labute approximate surface area is 111 Å². The van der Waals surface area contributed by atoms with E-state index in [1.165, 1.54) is 19.4 Å². The monoisotopic (exact) mass is 391 g/mol. The summed E-state index contributed by atoms with van der Waals surface area (Å²) in [5.41, 5.74) is 0. The van der Waals surface area contributed by atoms with Gasteiger partial charge in [-0.15, -0.1) is 0 Å². The van der Waals surface area contributed by atoms with E-state index in [1.807, 2.05) is 41.5 Å².